The molecule has 0 atom stereocenters. The maximum Gasteiger partial charge on any atom is 0.325 e. The number of nitrogens with one attached hydrogen (secondary N) is 1. The van der Waals surface area contributed by atoms with Crippen LogP contribution in [-0.4, -0.2) is 26.8 Å². The van der Waals surface area contributed by atoms with Gasteiger partial charge in [0, 0.05) is 12.3 Å². The molecule has 2 N–H and O–H groups in total. The third kappa shape index (κ3) is 3.33. The van der Waals surface area contributed by atoms with Crippen molar-refractivity contribution in [1.82, 2.24) is 9.78 Å². The fourth-order valence-corrected chi connectivity index (χ4v) is 2.76. The van der Waals surface area contributed by atoms with Gasteiger partial charge in [0.2, 0.25) is 5.91 Å². The number of amides is 1. The molecule has 1 aromatic heterocycles. The van der Waals surface area contributed by atoms with Crippen LogP contribution in [0.2, 0.25) is 0 Å². The van der Waals surface area contributed by atoms with Crippen molar-refractivity contribution in [2.45, 2.75) is 32.2 Å². The first-order chi connectivity index (χ1) is 10.6. The Balaban J connectivity index is 1.60. The summed E-state index contributed by atoms with van der Waals surface area (Å²) in [6.45, 7) is -0.222. The Labute approximate surface area is 127 Å². The number of aromatic nitrogens is 2. The van der Waals surface area contributed by atoms with Gasteiger partial charge in [0.1, 0.15) is 6.54 Å². The molecule has 3 rings (SSSR count). The number of fused-ring (bicyclic) bond motifs is 1. The van der Waals surface area contributed by atoms with Crippen molar-refractivity contribution in [2.24, 2.45) is 0 Å². The van der Waals surface area contributed by atoms with Gasteiger partial charge in [-0.25, -0.2) is 0 Å². The smallest absolute Gasteiger partial charge is 0.325 e. The molecular formula is C16H17N3O3. The molecule has 0 saturated carbocycles. The number of nitrogens with zero attached hydrogens (tertiary/aromatic N) is 2. The normalized spacial score (nSPS) is 12.9. The quantitative estimate of drug-likeness (QED) is 0.879. The van der Waals surface area contributed by atoms with Gasteiger partial charge in [-0.2, -0.15) is 5.10 Å². The lowest BCUT2D eigenvalue weighted by molar-refractivity contribution is -0.137. The van der Waals surface area contributed by atoms with Crippen LogP contribution >= 0.6 is 0 Å². The summed E-state index contributed by atoms with van der Waals surface area (Å²) in [5.41, 5.74) is 3.72. The molecule has 2 aromatic rings. The number of aryl methyl sites for hydroxylation is 2. The number of carbonyl (C=O) groups is 2. The largest absolute Gasteiger partial charge is 0.480 e. The summed E-state index contributed by atoms with van der Waals surface area (Å²) >= 11 is 0. The van der Waals surface area contributed by atoms with Crippen LogP contribution in [0, 0.1) is 0 Å². The van der Waals surface area contributed by atoms with Gasteiger partial charge in [-0.05, 0) is 36.0 Å². The van der Waals surface area contributed by atoms with E-state index >= 15 is 0 Å². The molecule has 1 aliphatic carbocycles. The van der Waals surface area contributed by atoms with Crippen molar-refractivity contribution in [3.05, 3.63) is 47.2 Å². The minimum Gasteiger partial charge on any atom is -0.480 e. The van der Waals surface area contributed by atoms with Gasteiger partial charge in [-0.1, -0.05) is 18.2 Å². The standard InChI is InChI=1S/C16H17N3O3/c20-15(17-14-6-7-19(18-14)10-16(21)22)9-11-4-5-12-2-1-3-13(12)8-11/h4-8H,1-3,9-10H2,(H,21,22)(H,17,18,20). The SMILES string of the molecule is O=C(O)Cn1ccc(NC(=O)Cc2ccc3c(c2)CCC3)n1. The number of aliphatic carboxylic acids is 1. The Bertz CT molecular complexity index is 721. The molecule has 0 spiro atoms. The van der Waals surface area contributed by atoms with Gasteiger partial charge in [0.05, 0.1) is 6.42 Å². The summed E-state index contributed by atoms with van der Waals surface area (Å²) < 4.78 is 1.27. The first kappa shape index (κ1) is 14.3. The Morgan fingerprint density at radius 1 is 1.23 bits per heavy atom. The van der Waals surface area contributed by atoms with Crippen LogP contribution < -0.4 is 5.32 Å². The highest BCUT2D eigenvalue weighted by molar-refractivity contribution is 5.91. The molecule has 1 heterocycles. The van der Waals surface area contributed by atoms with Crippen molar-refractivity contribution in [3.63, 3.8) is 0 Å². The van der Waals surface area contributed by atoms with Gasteiger partial charge < -0.3 is 10.4 Å². The predicted octanol–water partition coefficient (Wildman–Crippen LogP) is 1.64. The second kappa shape index (κ2) is 6.01. The maximum atomic E-state index is 12.0. The molecule has 0 fully saturated rings. The number of anilines is 1. The molecule has 0 bridgehead atoms. The van der Waals surface area contributed by atoms with Crippen molar-refractivity contribution < 1.29 is 14.7 Å². The van der Waals surface area contributed by atoms with E-state index in [-0.39, 0.29) is 12.5 Å². The van der Waals surface area contributed by atoms with E-state index in [1.54, 1.807) is 6.07 Å². The molecule has 1 aliphatic rings. The van der Waals surface area contributed by atoms with Gasteiger partial charge in [-0.15, -0.1) is 0 Å². The molecule has 0 aliphatic heterocycles. The van der Waals surface area contributed by atoms with Crippen molar-refractivity contribution >= 4 is 17.7 Å². The Hall–Kier alpha value is -2.63. The van der Waals surface area contributed by atoms with Crippen molar-refractivity contribution in [3.8, 4) is 0 Å². The Morgan fingerprint density at radius 3 is 2.86 bits per heavy atom. The molecule has 1 aromatic carbocycles. The average molecular weight is 299 g/mol. The highest BCUT2D eigenvalue weighted by atomic mass is 16.4. The molecule has 0 radical (unpaired) electrons. The molecule has 0 unspecified atom stereocenters. The Kier molecular flexibility index (Phi) is 3.91. The van der Waals surface area contributed by atoms with Crippen LogP contribution in [0.4, 0.5) is 5.82 Å². The highest BCUT2D eigenvalue weighted by Crippen LogP contribution is 2.23. The molecule has 22 heavy (non-hydrogen) atoms. The van der Waals surface area contributed by atoms with Crippen molar-refractivity contribution in [1.29, 1.82) is 0 Å². The van der Waals surface area contributed by atoms with Crippen LogP contribution in [0.5, 0.6) is 0 Å². The van der Waals surface area contributed by atoms with E-state index in [4.69, 9.17) is 5.11 Å². The molecule has 114 valence electrons. The summed E-state index contributed by atoms with van der Waals surface area (Å²) in [6.07, 6.45) is 5.22. The lowest BCUT2D eigenvalue weighted by Crippen LogP contribution is -2.16. The summed E-state index contributed by atoms with van der Waals surface area (Å²) in [5.74, 6) is -0.759. The van der Waals surface area contributed by atoms with E-state index in [0.29, 0.717) is 12.2 Å². The third-order valence-corrected chi connectivity index (χ3v) is 3.73. The molecule has 6 nitrogen and oxygen atoms in total. The second-order valence-electron chi connectivity index (χ2n) is 5.47. The molecule has 6 heteroatoms. The molecule has 1 amide bonds. The second-order valence-corrected chi connectivity index (χ2v) is 5.47. The summed E-state index contributed by atoms with van der Waals surface area (Å²) in [5, 5.41) is 15.4. The number of hydrogen-bond donors (Lipinski definition) is 2. The van der Waals surface area contributed by atoms with Crippen LogP contribution in [0.25, 0.3) is 0 Å². The first-order valence-corrected chi connectivity index (χ1v) is 7.26. The fraction of sp³-hybridized carbons (Fsp3) is 0.312. The van der Waals surface area contributed by atoms with E-state index in [1.165, 1.54) is 28.4 Å². The monoisotopic (exact) mass is 299 g/mol. The van der Waals surface area contributed by atoms with Crippen LogP contribution in [0.15, 0.2) is 30.5 Å². The Morgan fingerprint density at radius 2 is 2.05 bits per heavy atom. The minimum atomic E-state index is -0.973. The lowest BCUT2D eigenvalue weighted by atomic mass is 10.0. The van der Waals surface area contributed by atoms with E-state index in [9.17, 15) is 9.59 Å². The number of carboxylic acids is 1. The third-order valence-electron chi connectivity index (χ3n) is 3.73. The average Bonchev–Trinajstić information content (AvgIpc) is 3.06. The maximum absolute atomic E-state index is 12.0. The number of benzene rings is 1. The number of carbonyl (C=O) groups excluding carboxylic acids is 1. The number of carboxylic acid groups (broad SMARTS) is 1. The van der Waals surface area contributed by atoms with Crippen LogP contribution in [-0.2, 0) is 35.4 Å². The zero-order valence-corrected chi connectivity index (χ0v) is 12.1. The van der Waals surface area contributed by atoms with Crippen molar-refractivity contribution in [2.75, 3.05) is 5.32 Å². The van der Waals surface area contributed by atoms with E-state index in [0.717, 1.165) is 18.4 Å². The fourth-order valence-electron chi connectivity index (χ4n) is 2.76. The zero-order chi connectivity index (χ0) is 15.5. The summed E-state index contributed by atoms with van der Waals surface area (Å²) in [7, 11) is 0. The van der Waals surface area contributed by atoms with E-state index in [2.05, 4.69) is 22.5 Å². The lowest BCUT2D eigenvalue weighted by Gasteiger charge is -2.05. The first-order valence-electron chi connectivity index (χ1n) is 7.26. The topological polar surface area (TPSA) is 84.2 Å². The zero-order valence-electron chi connectivity index (χ0n) is 12.1. The number of rotatable bonds is 5. The predicted molar refractivity (Wildman–Crippen MR) is 80.7 cm³/mol. The van der Waals surface area contributed by atoms with E-state index < -0.39 is 5.97 Å². The number of hydrogen-bond acceptors (Lipinski definition) is 3. The van der Waals surface area contributed by atoms with Crippen LogP contribution in [0.1, 0.15) is 23.1 Å². The molecule has 0 saturated heterocycles. The van der Waals surface area contributed by atoms with Gasteiger partial charge in [-0.3, -0.25) is 14.3 Å². The minimum absolute atomic E-state index is 0.154. The van der Waals surface area contributed by atoms with Crippen LogP contribution in [0.3, 0.4) is 0 Å². The summed E-state index contributed by atoms with van der Waals surface area (Å²) in [6, 6.07) is 7.79. The summed E-state index contributed by atoms with van der Waals surface area (Å²) in [4.78, 5) is 22.6. The van der Waals surface area contributed by atoms with Gasteiger partial charge in [0.25, 0.3) is 0 Å². The molecular weight excluding hydrogens is 282 g/mol. The van der Waals surface area contributed by atoms with Gasteiger partial charge in [0.15, 0.2) is 5.82 Å². The highest BCUT2D eigenvalue weighted by Gasteiger charge is 2.13. The van der Waals surface area contributed by atoms with Gasteiger partial charge >= 0.3 is 5.97 Å². The van der Waals surface area contributed by atoms with E-state index in [1.807, 2.05) is 6.07 Å².